The molecule has 0 aliphatic carbocycles. The molecule has 3 rings (SSSR count). The summed E-state index contributed by atoms with van der Waals surface area (Å²) in [5, 5.41) is 20.3. The van der Waals surface area contributed by atoms with E-state index >= 15 is 0 Å². The molecule has 8 nitrogen and oxygen atoms in total. The predicted octanol–water partition coefficient (Wildman–Crippen LogP) is 1.67. The lowest BCUT2D eigenvalue weighted by Crippen LogP contribution is -2.17. The zero-order chi connectivity index (χ0) is 18.9. The summed E-state index contributed by atoms with van der Waals surface area (Å²) in [4.78, 5) is 16.5. The van der Waals surface area contributed by atoms with E-state index in [1.54, 1.807) is 32.3 Å². The number of fused-ring (bicyclic) bond motifs is 1. The zero-order valence-electron chi connectivity index (χ0n) is 15.3. The van der Waals surface area contributed by atoms with Crippen molar-refractivity contribution in [3.8, 4) is 11.5 Å². The van der Waals surface area contributed by atoms with Crippen molar-refractivity contribution in [2.45, 2.75) is 32.9 Å². The number of phenols is 1. The van der Waals surface area contributed by atoms with Crippen molar-refractivity contribution in [1.82, 2.24) is 19.5 Å². The van der Waals surface area contributed by atoms with Crippen LogP contribution in [0.1, 0.15) is 32.2 Å². The van der Waals surface area contributed by atoms with Gasteiger partial charge in [-0.25, -0.2) is 9.97 Å². The topological polar surface area (TPSA) is 109 Å². The molecule has 0 unspecified atom stereocenters. The average Bonchev–Trinajstić information content (AvgIpc) is 3.04. The third-order valence-corrected chi connectivity index (χ3v) is 3.98. The normalized spacial score (nSPS) is 12.7. The SMILES string of the molecule is CCN=c1ncn(Cc2ccc(OC)c(O)c2)c2nc(C(C)(C)O)[nH]c12. The van der Waals surface area contributed by atoms with Crippen molar-refractivity contribution in [3.05, 3.63) is 41.4 Å². The largest absolute Gasteiger partial charge is 0.504 e. The maximum Gasteiger partial charge on any atom is 0.176 e. The molecule has 2 aromatic heterocycles. The first kappa shape index (κ1) is 17.9. The Morgan fingerprint density at radius 1 is 1.35 bits per heavy atom. The Hall–Kier alpha value is -2.87. The van der Waals surface area contributed by atoms with Crippen LogP contribution in [0.25, 0.3) is 11.2 Å². The summed E-state index contributed by atoms with van der Waals surface area (Å²) >= 11 is 0. The molecule has 0 atom stereocenters. The first-order valence-electron chi connectivity index (χ1n) is 8.38. The highest BCUT2D eigenvalue weighted by molar-refractivity contribution is 5.70. The summed E-state index contributed by atoms with van der Waals surface area (Å²) in [7, 11) is 1.51. The standard InChI is InChI=1S/C18H23N5O3/c1-5-19-15-14-16(22-17(21-14)18(2,3)25)23(10-20-15)9-11-6-7-13(26-4)12(24)8-11/h6-8,10,24-25H,5,9H2,1-4H3,(H,21,22). The van der Waals surface area contributed by atoms with E-state index in [9.17, 15) is 10.2 Å². The van der Waals surface area contributed by atoms with Crippen LogP contribution in [0.2, 0.25) is 0 Å². The highest BCUT2D eigenvalue weighted by Crippen LogP contribution is 2.27. The molecule has 138 valence electrons. The quantitative estimate of drug-likeness (QED) is 0.644. The molecule has 0 bridgehead atoms. The Kier molecular flexibility index (Phi) is 4.69. The highest BCUT2D eigenvalue weighted by Gasteiger charge is 2.22. The van der Waals surface area contributed by atoms with Crippen molar-refractivity contribution in [3.63, 3.8) is 0 Å². The number of rotatable bonds is 5. The fourth-order valence-electron chi connectivity index (χ4n) is 2.68. The van der Waals surface area contributed by atoms with Gasteiger partial charge in [-0.05, 0) is 38.5 Å². The van der Waals surface area contributed by atoms with Gasteiger partial charge in [-0.15, -0.1) is 0 Å². The van der Waals surface area contributed by atoms with Crippen LogP contribution < -0.4 is 10.2 Å². The molecule has 0 radical (unpaired) electrons. The van der Waals surface area contributed by atoms with Gasteiger partial charge >= 0.3 is 0 Å². The van der Waals surface area contributed by atoms with Crippen LogP contribution in [0.15, 0.2) is 29.5 Å². The van der Waals surface area contributed by atoms with Gasteiger partial charge in [0, 0.05) is 6.54 Å². The fourth-order valence-corrected chi connectivity index (χ4v) is 2.68. The Labute approximate surface area is 150 Å². The molecule has 0 fully saturated rings. The van der Waals surface area contributed by atoms with Gasteiger partial charge in [-0.2, -0.15) is 0 Å². The van der Waals surface area contributed by atoms with E-state index in [4.69, 9.17) is 4.74 Å². The molecule has 3 aromatic rings. The van der Waals surface area contributed by atoms with Gasteiger partial charge in [0.05, 0.1) is 20.0 Å². The van der Waals surface area contributed by atoms with Gasteiger partial charge in [0.15, 0.2) is 22.6 Å². The van der Waals surface area contributed by atoms with E-state index < -0.39 is 5.60 Å². The molecule has 1 aromatic carbocycles. The monoisotopic (exact) mass is 357 g/mol. The summed E-state index contributed by atoms with van der Waals surface area (Å²) in [6.45, 7) is 6.31. The van der Waals surface area contributed by atoms with E-state index in [1.807, 2.05) is 17.6 Å². The molecule has 0 aliphatic rings. The second-order valence-electron chi connectivity index (χ2n) is 6.52. The number of H-pyrrole nitrogens is 1. The van der Waals surface area contributed by atoms with Gasteiger partial charge in [0.2, 0.25) is 0 Å². The van der Waals surface area contributed by atoms with Crippen molar-refractivity contribution in [2.75, 3.05) is 13.7 Å². The lowest BCUT2D eigenvalue weighted by Gasteiger charge is -2.12. The Morgan fingerprint density at radius 2 is 2.12 bits per heavy atom. The first-order valence-corrected chi connectivity index (χ1v) is 8.38. The molecule has 0 saturated heterocycles. The number of benzene rings is 1. The van der Waals surface area contributed by atoms with Crippen molar-refractivity contribution < 1.29 is 14.9 Å². The number of imidazole rings is 1. The summed E-state index contributed by atoms with van der Waals surface area (Å²) < 4.78 is 6.92. The molecule has 0 amide bonds. The summed E-state index contributed by atoms with van der Waals surface area (Å²) in [6, 6.07) is 5.22. The Balaban J connectivity index is 2.11. The molecule has 0 spiro atoms. The van der Waals surface area contributed by atoms with Crippen LogP contribution in [0, 0.1) is 0 Å². The molecule has 0 saturated carbocycles. The number of phenolic OH excluding ortho intramolecular Hbond substituents is 1. The van der Waals surface area contributed by atoms with E-state index in [0.29, 0.717) is 41.3 Å². The minimum Gasteiger partial charge on any atom is -0.504 e. The molecule has 0 aliphatic heterocycles. The third-order valence-electron chi connectivity index (χ3n) is 3.98. The van der Waals surface area contributed by atoms with Crippen LogP contribution in [0.3, 0.4) is 0 Å². The summed E-state index contributed by atoms with van der Waals surface area (Å²) in [5.41, 5.74) is 1.62. The number of aromatic hydroxyl groups is 1. The van der Waals surface area contributed by atoms with Gasteiger partial charge in [-0.3, -0.25) is 4.99 Å². The van der Waals surface area contributed by atoms with Crippen molar-refractivity contribution in [1.29, 1.82) is 0 Å². The van der Waals surface area contributed by atoms with Gasteiger partial charge in [0.1, 0.15) is 16.9 Å². The second kappa shape index (κ2) is 6.80. The number of nitrogens with one attached hydrogen (secondary N) is 1. The number of aliphatic hydroxyl groups is 1. The third kappa shape index (κ3) is 3.41. The molecule has 8 heteroatoms. The summed E-state index contributed by atoms with van der Waals surface area (Å²) in [6.07, 6.45) is 1.66. The zero-order valence-corrected chi connectivity index (χ0v) is 15.3. The van der Waals surface area contributed by atoms with Gasteiger partial charge in [-0.1, -0.05) is 6.07 Å². The van der Waals surface area contributed by atoms with Crippen molar-refractivity contribution >= 4 is 11.2 Å². The van der Waals surface area contributed by atoms with Gasteiger partial charge in [0.25, 0.3) is 0 Å². The van der Waals surface area contributed by atoms with E-state index in [0.717, 1.165) is 5.56 Å². The minimum atomic E-state index is -1.11. The number of hydrogen-bond donors (Lipinski definition) is 3. The fraction of sp³-hybridized carbons (Fsp3) is 0.389. The molecule has 3 N–H and O–H groups in total. The van der Waals surface area contributed by atoms with E-state index in [2.05, 4.69) is 19.9 Å². The number of nitrogens with zero attached hydrogens (tertiary/aromatic N) is 4. The summed E-state index contributed by atoms with van der Waals surface area (Å²) in [5.74, 6) is 0.939. The lowest BCUT2D eigenvalue weighted by atomic mass is 10.1. The Bertz CT molecular complexity index is 998. The smallest absolute Gasteiger partial charge is 0.176 e. The number of ether oxygens (including phenoxy) is 1. The maximum atomic E-state index is 10.3. The number of aromatic amines is 1. The first-order chi connectivity index (χ1) is 12.3. The number of aromatic nitrogens is 4. The number of hydrogen-bond acceptors (Lipinski definition) is 6. The molecular formula is C18H23N5O3. The lowest BCUT2D eigenvalue weighted by molar-refractivity contribution is 0.0699. The minimum absolute atomic E-state index is 0.0756. The van der Waals surface area contributed by atoms with E-state index in [1.165, 1.54) is 7.11 Å². The van der Waals surface area contributed by atoms with Crippen LogP contribution in [0.5, 0.6) is 11.5 Å². The molecule has 26 heavy (non-hydrogen) atoms. The maximum absolute atomic E-state index is 10.3. The second-order valence-corrected chi connectivity index (χ2v) is 6.52. The van der Waals surface area contributed by atoms with E-state index in [-0.39, 0.29) is 5.75 Å². The van der Waals surface area contributed by atoms with Crippen LogP contribution in [0.4, 0.5) is 0 Å². The predicted molar refractivity (Wildman–Crippen MR) is 97.0 cm³/mol. The van der Waals surface area contributed by atoms with Crippen LogP contribution >= 0.6 is 0 Å². The highest BCUT2D eigenvalue weighted by atomic mass is 16.5. The van der Waals surface area contributed by atoms with Crippen LogP contribution in [-0.4, -0.2) is 43.4 Å². The number of methoxy groups -OCH3 is 1. The molecule has 2 heterocycles. The average molecular weight is 357 g/mol. The Morgan fingerprint density at radius 3 is 2.73 bits per heavy atom. The van der Waals surface area contributed by atoms with Gasteiger partial charge < -0.3 is 24.5 Å². The van der Waals surface area contributed by atoms with Crippen LogP contribution in [-0.2, 0) is 12.1 Å². The van der Waals surface area contributed by atoms with Crippen molar-refractivity contribution in [2.24, 2.45) is 4.99 Å². The molecular weight excluding hydrogens is 334 g/mol.